The molecule has 2 rings (SSSR count). The highest BCUT2D eigenvalue weighted by Gasteiger charge is 2.29. The van der Waals surface area contributed by atoms with Gasteiger partial charge in [-0.2, -0.15) is 0 Å². The molecule has 1 aromatic heterocycles. The van der Waals surface area contributed by atoms with E-state index in [0.717, 1.165) is 23.8 Å². The predicted octanol–water partition coefficient (Wildman–Crippen LogP) is 3.12. The van der Waals surface area contributed by atoms with E-state index in [-0.39, 0.29) is 0 Å². The number of nitrogen functional groups attached to an aromatic ring is 1. The molecule has 0 bridgehead atoms. The van der Waals surface area contributed by atoms with Crippen LogP contribution in [0.25, 0.3) is 0 Å². The highest BCUT2D eigenvalue weighted by Crippen LogP contribution is 2.39. The smallest absolute Gasteiger partial charge is 0.137 e. The van der Waals surface area contributed by atoms with E-state index in [1.165, 1.54) is 12.8 Å². The highest BCUT2D eigenvalue weighted by molar-refractivity contribution is 5.57. The fourth-order valence-corrected chi connectivity index (χ4v) is 2.28. The van der Waals surface area contributed by atoms with Crippen LogP contribution in [0.4, 0.5) is 11.6 Å². The molecule has 1 aliphatic rings. The van der Waals surface area contributed by atoms with Crippen LogP contribution in [0.5, 0.6) is 0 Å². The Morgan fingerprint density at radius 3 is 2.32 bits per heavy atom. The molecule has 0 saturated heterocycles. The molecule has 0 unspecified atom stereocenters. The molecule has 0 atom stereocenters. The van der Waals surface area contributed by atoms with Crippen molar-refractivity contribution >= 4 is 11.6 Å². The first-order chi connectivity index (χ1) is 8.90. The quantitative estimate of drug-likeness (QED) is 0.886. The van der Waals surface area contributed by atoms with Gasteiger partial charge < -0.3 is 10.6 Å². The van der Waals surface area contributed by atoms with E-state index in [0.29, 0.717) is 23.7 Å². The maximum atomic E-state index is 6.08. The second-order valence-electron chi connectivity index (χ2n) is 6.33. The SMILES string of the molecule is Cc1c(N)nc(C2CC2)nc1N(CC(C)C)C(C)C. The monoisotopic (exact) mass is 262 g/mol. The molecule has 1 aliphatic carbocycles. The number of nitrogens with two attached hydrogens (primary N) is 1. The van der Waals surface area contributed by atoms with Crippen LogP contribution < -0.4 is 10.6 Å². The van der Waals surface area contributed by atoms with Gasteiger partial charge in [0, 0.05) is 24.1 Å². The van der Waals surface area contributed by atoms with Gasteiger partial charge in [-0.3, -0.25) is 0 Å². The maximum absolute atomic E-state index is 6.08. The third kappa shape index (κ3) is 3.17. The Kier molecular flexibility index (Phi) is 3.97. The zero-order valence-corrected chi connectivity index (χ0v) is 12.8. The topological polar surface area (TPSA) is 55.0 Å². The summed E-state index contributed by atoms with van der Waals surface area (Å²) in [5, 5.41) is 0. The van der Waals surface area contributed by atoms with Gasteiger partial charge in [0.2, 0.25) is 0 Å². The minimum absolute atomic E-state index is 0.419. The molecule has 1 aromatic rings. The molecule has 4 heteroatoms. The predicted molar refractivity (Wildman–Crippen MR) is 80.5 cm³/mol. The van der Waals surface area contributed by atoms with Crippen LogP contribution in [0.1, 0.15) is 57.8 Å². The Morgan fingerprint density at radius 2 is 1.84 bits per heavy atom. The Morgan fingerprint density at radius 1 is 1.21 bits per heavy atom. The first kappa shape index (κ1) is 14.1. The number of aromatic nitrogens is 2. The van der Waals surface area contributed by atoms with Gasteiger partial charge in [0.05, 0.1) is 0 Å². The number of anilines is 2. The molecule has 4 nitrogen and oxygen atoms in total. The molecule has 1 heterocycles. The van der Waals surface area contributed by atoms with E-state index in [1.807, 2.05) is 6.92 Å². The van der Waals surface area contributed by atoms with Crippen molar-refractivity contribution in [2.24, 2.45) is 5.92 Å². The second kappa shape index (κ2) is 5.35. The standard InChI is InChI=1S/C15H26N4/c1-9(2)8-19(10(3)4)15-11(5)13(16)17-14(18-15)12-6-7-12/h9-10,12H,6-8H2,1-5H3,(H2,16,17,18). The van der Waals surface area contributed by atoms with E-state index in [9.17, 15) is 0 Å². The Hall–Kier alpha value is -1.32. The molecule has 1 fully saturated rings. The van der Waals surface area contributed by atoms with Crippen LogP contribution in [0.15, 0.2) is 0 Å². The van der Waals surface area contributed by atoms with Crippen LogP contribution in [0, 0.1) is 12.8 Å². The van der Waals surface area contributed by atoms with Crippen LogP contribution >= 0.6 is 0 Å². The molecule has 0 spiro atoms. The van der Waals surface area contributed by atoms with Crippen molar-refractivity contribution < 1.29 is 0 Å². The van der Waals surface area contributed by atoms with E-state index >= 15 is 0 Å². The zero-order valence-electron chi connectivity index (χ0n) is 12.8. The number of rotatable bonds is 5. The molecule has 0 aliphatic heterocycles. The summed E-state index contributed by atoms with van der Waals surface area (Å²) < 4.78 is 0. The molecular weight excluding hydrogens is 236 g/mol. The lowest BCUT2D eigenvalue weighted by Gasteiger charge is -2.31. The van der Waals surface area contributed by atoms with Gasteiger partial charge in [0.25, 0.3) is 0 Å². The highest BCUT2D eigenvalue weighted by atomic mass is 15.2. The summed E-state index contributed by atoms with van der Waals surface area (Å²) >= 11 is 0. The third-order valence-corrected chi connectivity index (χ3v) is 3.57. The Labute approximate surface area is 116 Å². The summed E-state index contributed by atoms with van der Waals surface area (Å²) in [7, 11) is 0. The van der Waals surface area contributed by atoms with Gasteiger partial charge in [0.15, 0.2) is 0 Å². The first-order valence-electron chi connectivity index (χ1n) is 7.30. The maximum Gasteiger partial charge on any atom is 0.137 e. The van der Waals surface area contributed by atoms with Crippen molar-refractivity contribution in [1.82, 2.24) is 9.97 Å². The zero-order chi connectivity index (χ0) is 14.2. The van der Waals surface area contributed by atoms with Crippen LogP contribution in [-0.4, -0.2) is 22.6 Å². The molecule has 0 amide bonds. The van der Waals surface area contributed by atoms with Gasteiger partial charge in [-0.15, -0.1) is 0 Å². The molecule has 0 radical (unpaired) electrons. The molecule has 1 saturated carbocycles. The average molecular weight is 262 g/mol. The lowest BCUT2D eigenvalue weighted by atomic mass is 10.1. The van der Waals surface area contributed by atoms with E-state index in [4.69, 9.17) is 10.7 Å². The van der Waals surface area contributed by atoms with Crippen molar-refractivity contribution in [3.05, 3.63) is 11.4 Å². The van der Waals surface area contributed by atoms with E-state index < -0.39 is 0 Å². The van der Waals surface area contributed by atoms with Gasteiger partial charge in [-0.25, -0.2) is 9.97 Å². The van der Waals surface area contributed by atoms with Crippen molar-refractivity contribution in [2.75, 3.05) is 17.2 Å². The van der Waals surface area contributed by atoms with Gasteiger partial charge in [0.1, 0.15) is 17.5 Å². The summed E-state index contributed by atoms with van der Waals surface area (Å²) in [5.74, 6) is 3.74. The lowest BCUT2D eigenvalue weighted by molar-refractivity contribution is 0.563. The molecule has 106 valence electrons. The van der Waals surface area contributed by atoms with Crippen molar-refractivity contribution in [2.45, 2.75) is 59.4 Å². The van der Waals surface area contributed by atoms with Crippen molar-refractivity contribution in [3.63, 3.8) is 0 Å². The Bertz CT molecular complexity index is 450. The Balaban J connectivity index is 2.39. The molecule has 19 heavy (non-hydrogen) atoms. The summed E-state index contributed by atoms with van der Waals surface area (Å²) in [5.41, 5.74) is 7.09. The summed E-state index contributed by atoms with van der Waals surface area (Å²) in [6.45, 7) is 11.9. The van der Waals surface area contributed by atoms with Crippen molar-refractivity contribution in [1.29, 1.82) is 0 Å². The second-order valence-corrected chi connectivity index (χ2v) is 6.33. The van der Waals surface area contributed by atoms with E-state index in [2.05, 4.69) is 37.6 Å². The van der Waals surface area contributed by atoms with Crippen LogP contribution in [0.2, 0.25) is 0 Å². The molecule has 0 aromatic carbocycles. The number of nitrogens with zero attached hydrogens (tertiary/aromatic N) is 3. The van der Waals surface area contributed by atoms with Crippen molar-refractivity contribution in [3.8, 4) is 0 Å². The van der Waals surface area contributed by atoms with Crippen LogP contribution in [0.3, 0.4) is 0 Å². The fraction of sp³-hybridized carbons (Fsp3) is 0.733. The van der Waals surface area contributed by atoms with Gasteiger partial charge in [-0.05, 0) is 39.5 Å². The molecular formula is C15H26N4. The van der Waals surface area contributed by atoms with E-state index in [1.54, 1.807) is 0 Å². The largest absolute Gasteiger partial charge is 0.383 e. The van der Waals surface area contributed by atoms with Gasteiger partial charge in [-0.1, -0.05) is 13.8 Å². The number of hydrogen-bond acceptors (Lipinski definition) is 4. The third-order valence-electron chi connectivity index (χ3n) is 3.57. The molecule has 2 N–H and O–H groups in total. The van der Waals surface area contributed by atoms with Gasteiger partial charge >= 0.3 is 0 Å². The summed E-state index contributed by atoms with van der Waals surface area (Å²) in [6, 6.07) is 0.419. The lowest BCUT2D eigenvalue weighted by Crippen LogP contribution is -2.36. The average Bonchev–Trinajstić information content (AvgIpc) is 3.13. The normalized spacial score (nSPS) is 15.3. The summed E-state index contributed by atoms with van der Waals surface area (Å²) in [6.07, 6.45) is 2.40. The number of hydrogen-bond donors (Lipinski definition) is 1. The fourth-order valence-electron chi connectivity index (χ4n) is 2.28. The first-order valence-corrected chi connectivity index (χ1v) is 7.30. The minimum atomic E-state index is 0.419. The minimum Gasteiger partial charge on any atom is -0.383 e. The summed E-state index contributed by atoms with van der Waals surface area (Å²) in [4.78, 5) is 11.6. The van der Waals surface area contributed by atoms with Crippen LogP contribution in [-0.2, 0) is 0 Å².